The van der Waals surface area contributed by atoms with E-state index >= 15 is 0 Å². The Kier molecular flexibility index (Phi) is 2.45. The monoisotopic (exact) mass is 247 g/mol. The molecule has 3 rings (SSSR count). The lowest BCUT2D eigenvalue weighted by molar-refractivity contribution is -0.116. The fourth-order valence-corrected chi connectivity index (χ4v) is 2.32. The van der Waals surface area contributed by atoms with Gasteiger partial charge in [0.1, 0.15) is 0 Å². The molecule has 0 unspecified atom stereocenters. The van der Waals surface area contributed by atoms with Crippen molar-refractivity contribution in [3.63, 3.8) is 0 Å². The molecule has 0 aromatic heterocycles. The second kappa shape index (κ2) is 3.88. The number of carbonyl (C=O) groups is 1. The van der Waals surface area contributed by atoms with Crippen LogP contribution in [0.1, 0.15) is 24.8 Å². The number of hydrogen-bond acceptors (Lipinski definition) is 4. The normalized spacial score (nSPS) is 19.9. The number of nitrogen functional groups attached to an aromatic ring is 1. The summed E-state index contributed by atoms with van der Waals surface area (Å²) in [6.45, 7) is 0.107. The maximum absolute atomic E-state index is 11.4. The molecular formula is C13H17N3O2. The van der Waals surface area contributed by atoms with Crippen molar-refractivity contribution in [3.8, 4) is 0 Å². The topological polar surface area (TPSA) is 87.4 Å². The van der Waals surface area contributed by atoms with Crippen LogP contribution >= 0.6 is 0 Å². The van der Waals surface area contributed by atoms with Crippen LogP contribution in [0, 0.1) is 0 Å². The summed E-state index contributed by atoms with van der Waals surface area (Å²) in [5.74, 6) is 0.0431. The Morgan fingerprint density at radius 2 is 2.17 bits per heavy atom. The van der Waals surface area contributed by atoms with Gasteiger partial charge in [0.2, 0.25) is 5.91 Å². The summed E-state index contributed by atoms with van der Waals surface area (Å²) in [7, 11) is 0. The van der Waals surface area contributed by atoms with Gasteiger partial charge in [0.05, 0.1) is 23.5 Å². The molecule has 0 radical (unpaired) electrons. The van der Waals surface area contributed by atoms with Crippen LogP contribution in [0.15, 0.2) is 12.1 Å². The van der Waals surface area contributed by atoms with Crippen LogP contribution in [-0.2, 0) is 11.2 Å². The zero-order valence-corrected chi connectivity index (χ0v) is 10.1. The largest absolute Gasteiger partial charge is 0.397 e. The van der Waals surface area contributed by atoms with E-state index < -0.39 is 0 Å². The van der Waals surface area contributed by atoms with E-state index in [0.717, 1.165) is 36.2 Å². The van der Waals surface area contributed by atoms with E-state index in [-0.39, 0.29) is 18.1 Å². The van der Waals surface area contributed by atoms with Crippen LogP contribution < -0.4 is 16.4 Å². The maximum atomic E-state index is 11.4. The minimum absolute atomic E-state index is 0.0431. The van der Waals surface area contributed by atoms with Crippen LogP contribution in [0.5, 0.6) is 0 Å². The number of carbonyl (C=O) groups excluding carboxylic acids is 1. The Hall–Kier alpha value is -1.75. The summed E-state index contributed by atoms with van der Waals surface area (Å²) in [5.41, 5.74) is 9.18. The average Bonchev–Trinajstić information content (AvgIpc) is 3.11. The second-order valence-electron chi connectivity index (χ2n) is 5.21. The Labute approximate surface area is 105 Å². The molecule has 1 heterocycles. The van der Waals surface area contributed by atoms with Gasteiger partial charge in [-0.3, -0.25) is 4.79 Å². The molecule has 1 aliphatic carbocycles. The number of hydrogen-bond donors (Lipinski definition) is 4. The highest BCUT2D eigenvalue weighted by Gasteiger charge is 2.42. The zero-order valence-electron chi connectivity index (χ0n) is 10.1. The van der Waals surface area contributed by atoms with E-state index in [1.165, 1.54) is 0 Å². The van der Waals surface area contributed by atoms with E-state index in [0.29, 0.717) is 12.1 Å². The molecule has 0 saturated heterocycles. The number of nitrogens with two attached hydrogens (primary N) is 1. The van der Waals surface area contributed by atoms with Gasteiger partial charge in [0.15, 0.2) is 0 Å². The third kappa shape index (κ3) is 1.90. The Bertz CT molecular complexity index is 509. The molecule has 1 aromatic carbocycles. The van der Waals surface area contributed by atoms with E-state index in [9.17, 15) is 9.90 Å². The van der Waals surface area contributed by atoms with Gasteiger partial charge in [-0.05, 0) is 37.0 Å². The standard InChI is InChI=1S/C13H17N3O2/c14-9-5-8-1-2-12(18)15-10(8)6-11(9)16-13(7-17)3-4-13/h5-6,16-17H,1-4,7,14H2,(H,15,18). The minimum Gasteiger partial charge on any atom is -0.397 e. The van der Waals surface area contributed by atoms with Gasteiger partial charge in [-0.15, -0.1) is 0 Å². The molecular weight excluding hydrogens is 230 g/mol. The highest BCUT2D eigenvalue weighted by molar-refractivity contribution is 5.95. The molecule has 0 spiro atoms. The predicted molar refractivity (Wildman–Crippen MR) is 70.5 cm³/mol. The summed E-state index contributed by atoms with van der Waals surface area (Å²) in [6.07, 6.45) is 3.15. The summed E-state index contributed by atoms with van der Waals surface area (Å²) in [5, 5.41) is 15.5. The van der Waals surface area contributed by atoms with Gasteiger partial charge in [-0.1, -0.05) is 0 Å². The SMILES string of the molecule is Nc1cc2c(cc1NC1(CO)CC1)NC(=O)CC2. The van der Waals surface area contributed by atoms with Crippen molar-refractivity contribution in [2.24, 2.45) is 0 Å². The second-order valence-corrected chi connectivity index (χ2v) is 5.21. The fourth-order valence-electron chi connectivity index (χ4n) is 2.32. The number of anilines is 3. The van der Waals surface area contributed by atoms with E-state index in [1.54, 1.807) is 0 Å². The quantitative estimate of drug-likeness (QED) is 0.602. The molecule has 1 fully saturated rings. The third-order valence-corrected chi connectivity index (χ3v) is 3.73. The molecule has 1 saturated carbocycles. The van der Waals surface area contributed by atoms with Crippen LogP contribution in [0.3, 0.4) is 0 Å². The van der Waals surface area contributed by atoms with Gasteiger partial charge < -0.3 is 21.5 Å². The fraction of sp³-hybridized carbons (Fsp3) is 0.462. The first-order valence-corrected chi connectivity index (χ1v) is 6.23. The first kappa shape index (κ1) is 11.3. The lowest BCUT2D eigenvalue weighted by Crippen LogP contribution is -2.26. The van der Waals surface area contributed by atoms with Crippen molar-refractivity contribution in [1.82, 2.24) is 0 Å². The zero-order chi connectivity index (χ0) is 12.8. The third-order valence-electron chi connectivity index (χ3n) is 3.73. The van der Waals surface area contributed by atoms with Crippen molar-refractivity contribution in [1.29, 1.82) is 0 Å². The van der Waals surface area contributed by atoms with Crippen molar-refractivity contribution in [2.75, 3.05) is 23.0 Å². The van der Waals surface area contributed by atoms with E-state index in [2.05, 4.69) is 10.6 Å². The number of fused-ring (bicyclic) bond motifs is 1. The van der Waals surface area contributed by atoms with Crippen molar-refractivity contribution >= 4 is 23.0 Å². The lowest BCUT2D eigenvalue weighted by atomic mass is 10.0. The molecule has 1 aromatic rings. The van der Waals surface area contributed by atoms with Gasteiger partial charge >= 0.3 is 0 Å². The van der Waals surface area contributed by atoms with Crippen molar-refractivity contribution in [3.05, 3.63) is 17.7 Å². The number of aliphatic hydroxyl groups excluding tert-OH is 1. The van der Waals surface area contributed by atoms with E-state index in [1.807, 2.05) is 12.1 Å². The van der Waals surface area contributed by atoms with Gasteiger partial charge in [-0.25, -0.2) is 0 Å². The Balaban J connectivity index is 1.91. The summed E-state index contributed by atoms with van der Waals surface area (Å²) in [4.78, 5) is 11.4. The smallest absolute Gasteiger partial charge is 0.224 e. The molecule has 1 amide bonds. The van der Waals surface area contributed by atoms with Crippen molar-refractivity contribution in [2.45, 2.75) is 31.2 Å². The molecule has 0 bridgehead atoms. The molecule has 5 N–H and O–H groups in total. The Morgan fingerprint density at radius 3 is 2.83 bits per heavy atom. The molecule has 5 nitrogen and oxygen atoms in total. The van der Waals surface area contributed by atoms with Crippen LogP contribution in [0.4, 0.5) is 17.1 Å². The van der Waals surface area contributed by atoms with Gasteiger partial charge in [0.25, 0.3) is 0 Å². The van der Waals surface area contributed by atoms with E-state index in [4.69, 9.17) is 5.73 Å². The summed E-state index contributed by atoms with van der Waals surface area (Å²) < 4.78 is 0. The number of nitrogens with one attached hydrogen (secondary N) is 2. The first-order valence-electron chi connectivity index (χ1n) is 6.23. The summed E-state index contributed by atoms with van der Waals surface area (Å²) in [6, 6.07) is 3.78. The number of benzene rings is 1. The molecule has 96 valence electrons. The van der Waals surface area contributed by atoms with Gasteiger partial charge in [-0.2, -0.15) is 0 Å². The average molecular weight is 247 g/mol. The molecule has 1 aliphatic heterocycles. The van der Waals surface area contributed by atoms with Crippen LogP contribution in [0.2, 0.25) is 0 Å². The maximum Gasteiger partial charge on any atom is 0.224 e. The number of aryl methyl sites for hydroxylation is 1. The molecule has 2 aliphatic rings. The predicted octanol–water partition coefficient (Wildman–Crippen LogP) is 1.09. The van der Waals surface area contributed by atoms with Gasteiger partial charge in [0, 0.05) is 12.1 Å². The molecule has 0 atom stereocenters. The van der Waals surface area contributed by atoms with Crippen molar-refractivity contribution < 1.29 is 9.90 Å². The number of amides is 1. The molecule has 5 heteroatoms. The Morgan fingerprint density at radius 1 is 1.39 bits per heavy atom. The van der Waals surface area contributed by atoms with Crippen LogP contribution in [-0.4, -0.2) is 23.2 Å². The first-order chi connectivity index (χ1) is 8.62. The highest BCUT2D eigenvalue weighted by Crippen LogP contribution is 2.41. The lowest BCUT2D eigenvalue weighted by Gasteiger charge is -2.22. The van der Waals surface area contributed by atoms with Crippen LogP contribution in [0.25, 0.3) is 0 Å². The minimum atomic E-state index is -0.207. The number of rotatable bonds is 3. The highest BCUT2D eigenvalue weighted by atomic mass is 16.3. The number of aliphatic hydroxyl groups is 1. The summed E-state index contributed by atoms with van der Waals surface area (Å²) >= 11 is 0. The molecule has 18 heavy (non-hydrogen) atoms.